The number of allylic oxidation sites excluding steroid dienone is 1. The summed E-state index contributed by atoms with van der Waals surface area (Å²) in [5.41, 5.74) is 1.62. The number of rotatable bonds is 5. The van der Waals surface area contributed by atoms with Crippen LogP contribution in [0.5, 0.6) is 0 Å². The fourth-order valence-corrected chi connectivity index (χ4v) is 1.93. The average Bonchev–Trinajstić information content (AvgIpc) is 2.87. The number of carbonyl (C=O) groups excluding carboxylic acids is 1. The molecule has 7 heteroatoms. The number of aryl methyl sites for hydroxylation is 1. The van der Waals surface area contributed by atoms with Gasteiger partial charge in [-0.3, -0.25) is 19.6 Å². The molecule has 0 saturated heterocycles. The van der Waals surface area contributed by atoms with Gasteiger partial charge in [0.25, 0.3) is 5.69 Å². The molecule has 0 N–H and O–H groups in total. The van der Waals surface area contributed by atoms with Crippen molar-refractivity contribution in [3.05, 3.63) is 58.4 Å². The second-order valence-corrected chi connectivity index (χ2v) is 5.01. The summed E-state index contributed by atoms with van der Waals surface area (Å²) in [5, 5.41) is 15.0. The summed E-state index contributed by atoms with van der Waals surface area (Å²) in [6.45, 7) is 0. The number of benzene rings is 1. The van der Waals surface area contributed by atoms with E-state index >= 15 is 0 Å². The van der Waals surface area contributed by atoms with Gasteiger partial charge in [0.2, 0.25) is 0 Å². The zero-order chi connectivity index (χ0) is 16.3. The van der Waals surface area contributed by atoms with Crippen molar-refractivity contribution in [3.63, 3.8) is 0 Å². The van der Waals surface area contributed by atoms with Gasteiger partial charge in [0.15, 0.2) is 5.78 Å². The van der Waals surface area contributed by atoms with Crippen LogP contribution in [-0.2, 0) is 7.05 Å². The number of hydrogen-bond donors (Lipinski definition) is 0. The lowest BCUT2D eigenvalue weighted by atomic mass is 10.0. The molecule has 1 heterocycles. The molecule has 0 atom stereocenters. The normalized spacial score (nSPS) is 10.9. The van der Waals surface area contributed by atoms with E-state index < -0.39 is 4.92 Å². The highest BCUT2D eigenvalue weighted by Crippen LogP contribution is 2.24. The lowest BCUT2D eigenvalue weighted by molar-refractivity contribution is -0.384. The van der Waals surface area contributed by atoms with Crippen molar-refractivity contribution in [1.82, 2.24) is 14.7 Å². The fraction of sp³-hybridized carbons (Fsp3) is 0.200. The molecule has 0 aliphatic carbocycles. The van der Waals surface area contributed by atoms with Crippen molar-refractivity contribution in [3.8, 4) is 11.3 Å². The maximum Gasteiger partial charge on any atom is 0.269 e. The summed E-state index contributed by atoms with van der Waals surface area (Å²) in [5.74, 6) is -0.171. The Bertz CT molecular complexity index is 730. The van der Waals surface area contributed by atoms with E-state index in [1.807, 2.05) is 14.1 Å². The molecule has 0 aliphatic heterocycles. The molecule has 0 bridgehead atoms. The highest BCUT2D eigenvalue weighted by molar-refractivity contribution is 6.08. The molecule has 1 aromatic heterocycles. The molecule has 2 aromatic rings. The van der Waals surface area contributed by atoms with Crippen LogP contribution in [-0.4, -0.2) is 39.5 Å². The van der Waals surface area contributed by atoms with Gasteiger partial charge < -0.3 is 4.90 Å². The maximum atomic E-state index is 12.3. The molecule has 0 aliphatic rings. The van der Waals surface area contributed by atoms with Crippen LogP contribution >= 0.6 is 0 Å². The number of non-ortho nitro benzene ring substituents is 1. The Morgan fingerprint density at radius 2 is 1.95 bits per heavy atom. The van der Waals surface area contributed by atoms with E-state index in [1.165, 1.54) is 18.2 Å². The Kier molecular flexibility index (Phi) is 4.36. The Morgan fingerprint density at radius 1 is 1.32 bits per heavy atom. The van der Waals surface area contributed by atoms with Crippen LogP contribution in [0.3, 0.4) is 0 Å². The van der Waals surface area contributed by atoms with Crippen LogP contribution in [0.25, 0.3) is 11.3 Å². The molecule has 1 aromatic carbocycles. The minimum absolute atomic E-state index is 0.0000567. The summed E-state index contributed by atoms with van der Waals surface area (Å²) in [4.78, 5) is 24.3. The first kappa shape index (κ1) is 15.4. The SMILES string of the molecule is CN(C)/C=C/C(=O)c1cn(C)nc1-c1ccc([N+](=O)[O-])cc1. The first-order chi connectivity index (χ1) is 10.4. The van der Waals surface area contributed by atoms with Crippen molar-refractivity contribution in [2.45, 2.75) is 0 Å². The second-order valence-electron chi connectivity index (χ2n) is 5.01. The van der Waals surface area contributed by atoms with E-state index in [-0.39, 0.29) is 11.5 Å². The monoisotopic (exact) mass is 300 g/mol. The van der Waals surface area contributed by atoms with Crippen molar-refractivity contribution < 1.29 is 9.72 Å². The van der Waals surface area contributed by atoms with E-state index in [2.05, 4.69) is 5.10 Å². The molecule has 114 valence electrons. The smallest absolute Gasteiger partial charge is 0.269 e. The van der Waals surface area contributed by atoms with Crippen LogP contribution in [0, 0.1) is 10.1 Å². The molecule has 0 amide bonds. The van der Waals surface area contributed by atoms with Gasteiger partial charge in [-0.05, 0) is 12.1 Å². The van der Waals surface area contributed by atoms with Crippen LogP contribution in [0.15, 0.2) is 42.7 Å². The molecular formula is C15H16N4O3. The van der Waals surface area contributed by atoms with Crippen LogP contribution in [0.4, 0.5) is 5.69 Å². The number of hydrogen-bond acceptors (Lipinski definition) is 5. The number of aromatic nitrogens is 2. The molecule has 0 spiro atoms. The van der Waals surface area contributed by atoms with E-state index in [4.69, 9.17) is 0 Å². The molecule has 0 radical (unpaired) electrons. The summed E-state index contributed by atoms with van der Waals surface area (Å²) in [6.07, 6.45) is 4.76. The first-order valence-corrected chi connectivity index (χ1v) is 6.56. The Labute approximate surface area is 127 Å². The molecule has 0 unspecified atom stereocenters. The topological polar surface area (TPSA) is 81.3 Å². The lowest BCUT2D eigenvalue weighted by Gasteiger charge is -2.03. The molecule has 0 fully saturated rings. The highest BCUT2D eigenvalue weighted by Gasteiger charge is 2.16. The van der Waals surface area contributed by atoms with E-state index in [1.54, 1.807) is 41.2 Å². The van der Waals surface area contributed by atoms with Gasteiger partial charge in [0, 0.05) is 57.3 Å². The Hall–Kier alpha value is -2.96. The van der Waals surface area contributed by atoms with Gasteiger partial charge in [-0.2, -0.15) is 5.10 Å². The molecule has 22 heavy (non-hydrogen) atoms. The summed E-state index contributed by atoms with van der Waals surface area (Å²) >= 11 is 0. The Morgan fingerprint density at radius 3 is 2.50 bits per heavy atom. The predicted molar refractivity (Wildman–Crippen MR) is 82.5 cm³/mol. The molecule has 0 saturated carbocycles. The third-order valence-corrected chi connectivity index (χ3v) is 2.97. The first-order valence-electron chi connectivity index (χ1n) is 6.56. The molecular weight excluding hydrogens is 284 g/mol. The van der Waals surface area contributed by atoms with Crippen molar-refractivity contribution in [1.29, 1.82) is 0 Å². The van der Waals surface area contributed by atoms with E-state index in [9.17, 15) is 14.9 Å². The van der Waals surface area contributed by atoms with Crippen molar-refractivity contribution >= 4 is 11.5 Å². The zero-order valence-electron chi connectivity index (χ0n) is 12.6. The van der Waals surface area contributed by atoms with Crippen LogP contribution < -0.4 is 0 Å². The predicted octanol–water partition coefficient (Wildman–Crippen LogP) is 2.25. The minimum Gasteiger partial charge on any atom is -0.383 e. The van der Waals surface area contributed by atoms with Crippen LogP contribution in [0.1, 0.15) is 10.4 Å². The third kappa shape index (κ3) is 3.38. The second kappa shape index (κ2) is 6.21. The third-order valence-electron chi connectivity index (χ3n) is 2.97. The maximum absolute atomic E-state index is 12.3. The number of carbonyl (C=O) groups is 1. The van der Waals surface area contributed by atoms with Gasteiger partial charge in [-0.25, -0.2) is 0 Å². The summed E-state index contributed by atoms with van der Waals surface area (Å²) in [7, 11) is 5.37. The summed E-state index contributed by atoms with van der Waals surface area (Å²) < 4.78 is 1.55. The Balaban J connectivity index is 2.39. The largest absolute Gasteiger partial charge is 0.383 e. The van der Waals surface area contributed by atoms with E-state index in [0.29, 0.717) is 16.8 Å². The fourth-order valence-electron chi connectivity index (χ4n) is 1.93. The standard InChI is InChI=1S/C15H16N4O3/c1-17(2)9-8-14(20)13-10-18(3)16-15(13)11-4-6-12(7-5-11)19(21)22/h4-10H,1-3H3/b9-8+. The number of nitro benzene ring substituents is 1. The van der Waals surface area contributed by atoms with Gasteiger partial charge in [-0.1, -0.05) is 0 Å². The molecule has 2 rings (SSSR count). The summed E-state index contributed by atoms with van der Waals surface area (Å²) in [6, 6.07) is 5.97. The average molecular weight is 300 g/mol. The molecule has 7 nitrogen and oxygen atoms in total. The minimum atomic E-state index is -0.464. The number of nitro groups is 1. The van der Waals surface area contributed by atoms with Gasteiger partial charge in [0.1, 0.15) is 5.69 Å². The van der Waals surface area contributed by atoms with Gasteiger partial charge in [0.05, 0.1) is 10.5 Å². The van der Waals surface area contributed by atoms with Gasteiger partial charge >= 0.3 is 0 Å². The van der Waals surface area contributed by atoms with Crippen LogP contribution in [0.2, 0.25) is 0 Å². The number of nitrogens with zero attached hydrogens (tertiary/aromatic N) is 4. The highest BCUT2D eigenvalue weighted by atomic mass is 16.6. The number of ketones is 1. The van der Waals surface area contributed by atoms with Crippen molar-refractivity contribution in [2.24, 2.45) is 7.05 Å². The van der Waals surface area contributed by atoms with Gasteiger partial charge in [-0.15, -0.1) is 0 Å². The zero-order valence-corrected chi connectivity index (χ0v) is 12.6. The quantitative estimate of drug-likeness (QED) is 0.366. The lowest BCUT2D eigenvalue weighted by Crippen LogP contribution is -2.03. The van der Waals surface area contributed by atoms with Crippen molar-refractivity contribution in [2.75, 3.05) is 14.1 Å². The van der Waals surface area contributed by atoms with E-state index in [0.717, 1.165) is 0 Å².